The number of benzene rings is 2. The molecule has 0 spiro atoms. The molecule has 0 aliphatic heterocycles. The molecule has 0 aliphatic carbocycles. The van der Waals surface area contributed by atoms with Crippen molar-refractivity contribution in [3.63, 3.8) is 0 Å². The summed E-state index contributed by atoms with van der Waals surface area (Å²) < 4.78 is 11.2. The number of amides is 1. The summed E-state index contributed by atoms with van der Waals surface area (Å²) in [6, 6.07) is 22.7. The molecule has 0 saturated carbocycles. The smallest absolute Gasteiger partial charge is 0.219 e. The van der Waals surface area contributed by atoms with Gasteiger partial charge in [0.05, 0.1) is 18.9 Å². The van der Waals surface area contributed by atoms with E-state index in [1.807, 2.05) is 49.1 Å². The molecule has 4 heteroatoms. The zero-order valence-electron chi connectivity index (χ0n) is 18.1. The number of hydrogen-bond acceptors (Lipinski definition) is 3. The van der Waals surface area contributed by atoms with Gasteiger partial charge in [0.1, 0.15) is 11.5 Å². The molecule has 0 N–H and O–H groups in total. The van der Waals surface area contributed by atoms with Gasteiger partial charge in [0.25, 0.3) is 0 Å². The molecule has 0 bridgehead atoms. The van der Waals surface area contributed by atoms with E-state index in [1.54, 1.807) is 13.2 Å². The zero-order chi connectivity index (χ0) is 21.3. The number of furan rings is 1. The van der Waals surface area contributed by atoms with Gasteiger partial charge in [0.15, 0.2) is 0 Å². The average molecular weight is 406 g/mol. The Hall–Kier alpha value is -3.01. The van der Waals surface area contributed by atoms with Gasteiger partial charge in [-0.3, -0.25) is 4.79 Å². The van der Waals surface area contributed by atoms with Gasteiger partial charge in [0.2, 0.25) is 5.91 Å². The molecule has 3 rings (SSSR count). The third kappa shape index (κ3) is 6.51. The molecule has 0 radical (unpaired) electrons. The van der Waals surface area contributed by atoms with E-state index in [-0.39, 0.29) is 12.0 Å². The van der Waals surface area contributed by atoms with Crippen LogP contribution < -0.4 is 4.74 Å². The van der Waals surface area contributed by atoms with Crippen molar-refractivity contribution in [2.75, 3.05) is 6.54 Å². The summed E-state index contributed by atoms with van der Waals surface area (Å²) in [6.07, 6.45) is 3.60. The molecule has 30 heavy (non-hydrogen) atoms. The van der Waals surface area contributed by atoms with Crippen LogP contribution in [0.2, 0.25) is 0 Å². The lowest BCUT2D eigenvalue weighted by atomic mass is 9.89. The third-order valence-corrected chi connectivity index (χ3v) is 5.17. The van der Waals surface area contributed by atoms with Crippen LogP contribution in [0, 0.1) is 0 Å². The maximum Gasteiger partial charge on any atom is 0.219 e. The quantitative estimate of drug-likeness (QED) is 0.426. The lowest BCUT2D eigenvalue weighted by molar-refractivity contribution is -0.129. The molecule has 158 valence electrons. The van der Waals surface area contributed by atoms with Gasteiger partial charge in [-0.15, -0.1) is 0 Å². The van der Waals surface area contributed by atoms with E-state index in [1.165, 1.54) is 11.1 Å². The van der Waals surface area contributed by atoms with Gasteiger partial charge in [-0.05, 0) is 68.0 Å². The van der Waals surface area contributed by atoms with Crippen molar-refractivity contribution in [2.45, 2.75) is 52.2 Å². The van der Waals surface area contributed by atoms with Gasteiger partial charge in [-0.2, -0.15) is 0 Å². The van der Waals surface area contributed by atoms with Crippen molar-refractivity contribution in [2.24, 2.45) is 0 Å². The fourth-order valence-electron chi connectivity index (χ4n) is 3.63. The maximum atomic E-state index is 12.2. The first-order valence-electron chi connectivity index (χ1n) is 10.6. The number of ether oxygens (including phenoxy) is 1. The average Bonchev–Trinajstić information content (AvgIpc) is 3.24. The van der Waals surface area contributed by atoms with Crippen LogP contribution in [0.3, 0.4) is 0 Å². The third-order valence-electron chi connectivity index (χ3n) is 5.17. The summed E-state index contributed by atoms with van der Waals surface area (Å²) in [5.41, 5.74) is 2.56. The summed E-state index contributed by atoms with van der Waals surface area (Å²) in [4.78, 5) is 14.0. The first kappa shape index (κ1) is 21.7. The second kappa shape index (κ2) is 10.7. The van der Waals surface area contributed by atoms with Gasteiger partial charge in [-0.25, -0.2) is 0 Å². The Kier molecular flexibility index (Phi) is 7.72. The highest BCUT2D eigenvalue weighted by Crippen LogP contribution is 2.27. The van der Waals surface area contributed by atoms with Gasteiger partial charge >= 0.3 is 0 Å². The maximum absolute atomic E-state index is 12.2. The van der Waals surface area contributed by atoms with Crippen LogP contribution in [0.5, 0.6) is 5.75 Å². The first-order valence-corrected chi connectivity index (χ1v) is 10.6. The highest BCUT2D eigenvalue weighted by Gasteiger charge is 2.17. The number of carbonyl (C=O) groups is 1. The Bertz CT molecular complexity index is 886. The lowest BCUT2D eigenvalue weighted by Gasteiger charge is -2.24. The van der Waals surface area contributed by atoms with Gasteiger partial charge < -0.3 is 14.1 Å². The van der Waals surface area contributed by atoms with E-state index in [2.05, 4.69) is 36.4 Å². The Morgan fingerprint density at radius 2 is 1.73 bits per heavy atom. The molecule has 1 aromatic heterocycles. The number of rotatable bonds is 10. The zero-order valence-corrected chi connectivity index (χ0v) is 18.1. The molecule has 0 fully saturated rings. The largest absolute Gasteiger partial charge is 0.491 e. The van der Waals surface area contributed by atoms with E-state index in [0.717, 1.165) is 24.4 Å². The molecular weight excluding hydrogens is 374 g/mol. The molecule has 0 saturated heterocycles. The predicted molar refractivity (Wildman–Crippen MR) is 120 cm³/mol. The second-order valence-corrected chi connectivity index (χ2v) is 7.93. The normalized spacial score (nSPS) is 12.0. The van der Waals surface area contributed by atoms with Crippen molar-refractivity contribution < 1.29 is 13.9 Å². The second-order valence-electron chi connectivity index (χ2n) is 7.93. The highest BCUT2D eigenvalue weighted by molar-refractivity contribution is 5.73. The van der Waals surface area contributed by atoms with Crippen LogP contribution in [-0.4, -0.2) is 23.5 Å². The van der Waals surface area contributed by atoms with Crippen LogP contribution in [0.25, 0.3) is 0 Å². The van der Waals surface area contributed by atoms with Crippen LogP contribution >= 0.6 is 0 Å². The van der Waals surface area contributed by atoms with E-state index >= 15 is 0 Å². The van der Waals surface area contributed by atoms with Crippen LogP contribution in [-0.2, 0) is 17.8 Å². The van der Waals surface area contributed by atoms with Gasteiger partial charge in [0, 0.05) is 13.5 Å². The fraction of sp³-hybridized carbons (Fsp3) is 0.346. The van der Waals surface area contributed by atoms with E-state index in [4.69, 9.17) is 9.15 Å². The SMILES string of the molecule is CC(=O)N(CC[C@H](Cc1ccccc1)c1ccc(OC(C)C)cc1)Cc1ccco1. The molecular formula is C26H31NO3. The van der Waals surface area contributed by atoms with Gasteiger partial charge in [-0.1, -0.05) is 42.5 Å². The first-order chi connectivity index (χ1) is 14.5. The van der Waals surface area contributed by atoms with Crippen molar-refractivity contribution >= 4 is 5.91 Å². The molecule has 0 unspecified atom stereocenters. The Labute approximate surface area is 179 Å². The summed E-state index contributed by atoms with van der Waals surface area (Å²) in [5, 5.41) is 0. The predicted octanol–water partition coefficient (Wildman–Crippen LogP) is 5.83. The Morgan fingerprint density at radius 1 is 1.00 bits per heavy atom. The molecule has 1 atom stereocenters. The molecule has 4 nitrogen and oxygen atoms in total. The molecule has 3 aromatic rings. The molecule has 0 aliphatic rings. The highest BCUT2D eigenvalue weighted by atomic mass is 16.5. The topological polar surface area (TPSA) is 42.7 Å². The standard InChI is InChI=1S/C26H31NO3/c1-20(2)30-25-13-11-23(12-14-25)24(18-22-8-5-4-6-9-22)15-16-27(21(3)28)19-26-10-7-17-29-26/h4-14,17,20,24H,15-16,18-19H2,1-3H3/t24-/m1/s1. The van der Waals surface area contributed by atoms with Crippen molar-refractivity contribution in [3.8, 4) is 5.75 Å². The molecule has 1 amide bonds. The summed E-state index contributed by atoms with van der Waals surface area (Å²) >= 11 is 0. The lowest BCUT2D eigenvalue weighted by Crippen LogP contribution is -2.30. The number of nitrogens with zero attached hydrogens (tertiary/aromatic N) is 1. The Balaban J connectivity index is 1.74. The summed E-state index contributed by atoms with van der Waals surface area (Å²) in [7, 11) is 0. The summed E-state index contributed by atoms with van der Waals surface area (Å²) in [5.74, 6) is 2.06. The minimum Gasteiger partial charge on any atom is -0.491 e. The minimum absolute atomic E-state index is 0.0607. The van der Waals surface area contributed by atoms with E-state index in [9.17, 15) is 4.79 Å². The van der Waals surface area contributed by atoms with E-state index in [0.29, 0.717) is 19.0 Å². The number of carbonyl (C=O) groups excluding carboxylic acids is 1. The van der Waals surface area contributed by atoms with Crippen molar-refractivity contribution in [1.82, 2.24) is 4.90 Å². The Morgan fingerprint density at radius 3 is 2.33 bits per heavy atom. The van der Waals surface area contributed by atoms with Crippen molar-refractivity contribution in [1.29, 1.82) is 0 Å². The van der Waals surface area contributed by atoms with Crippen molar-refractivity contribution in [3.05, 3.63) is 89.9 Å². The van der Waals surface area contributed by atoms with Crippen LogP contribution in [0.15, 0.2) is 77.4 Å². The van der Waals surface area contributed by atoms with E-state index < -0.39 is 0 Å². The molecule has 2 aromatic carbocycles. The monoisotopic (exact) mass is 405 g/mol. The summed E-state index contributed by atoms with van der Waals surface area (Å²) in [6.45, 7) is 6.86. The number of hydrogen-bond donors (Lipinski definition) is 0. The van der Waals surface area contributed by atoms with Crippen LogP contribution in [0.1, 0.15) is 50.0 Å². The minimum atomic E-state index is 0.0607. The fourth-order valence-corrected chi connectivity index (χ4v) is 3.63. The molecule has 1 heterocycles. The van der Waals surface area contributed by atoms with Crippen LogP contribution in [0.4, 0.5) is 0 Å².